The number of nitrogens with zero attached hydrogens (tertiary/aromatic N) is 14. The van der Waals surface area contributed by atoms with Gasteiger partial charge in [0, 0.05) is 104 Å². The fourth-order valence-electron chi connectivity index (χ4n) is 13.4. The number of β-amino-alcohol motifs (C(OH)–C–C–N with tert-alkyl or cyclic N) is 4. The first-order chi connectivity index (χ1) is 49.1. The summed E-state index contributed by atoms with van der Waals surface area (Å²) in [6.45, 7) is 27.7. The van der Waals surface area contributed by atoms with Crippen LogP contribution in [-0.2, 0) is 19.0 Å². The van der Waals surface area contributed by atoms with Crippen LogP contribution in [0.3, 0.4) is 0 Å². The lowest BCUT2D eigenvalue weighted by molar-refractivity contribution is -0.389. The van der Waals surface area contributed by atoms with Crippen LogP contribution in [0.4, 0.5) is 47.6 Å². The standard InChI is InChI=1S/C13H20N4O3.C13H22N4O.C13H26N2O3.C12H21NO2.C10H17NO3.C8H18N2O.C5H3FN2O2/c1-15(2)9-13(18)6-3-7-16(10-13)11-4-5-12(14-8-11)17(19)20;1-16(2)9-13(18)6-3-7-17(10-13)11-4-5-12(14)15-8-11;1-12(2,3)18-11(16)15-8-6-7-13(17,10-15)9-14(4)5;1-11(2,3)15-10(14)13-8-4-5-12(9-13)6-7-12;1-10(2,3)14-9(13)11-6-4-5-8(12)7-11;1-10(2)7-8(11)4-3-5-9-6-8;6-4-1-2-5(7-3-4)8(9)10/h4-5,8,18H,3,6-7,9-10H2,1-2H3;4-5,8,18H,3,6-7,9-10H2,1-2H3,(H2,14,15);17H,6-10H2,1-5H3;4-9H2,1-3H3;4-7H2,1-3H3;9,11H,3-7H2,1-2H3;1-3H. The highest BCUT2D eigenvalue weighted by molar-refractivity contribution is 5.85. The van der Waals surface area contributed by atoms with E-state index in [1.165, 1.54) is 36.4 Å². The third-order valence-electron chi connectivity index (χ3n) is 17.7. The van der Waals surface area contributed by atoms with Crippen molar-refractivity contribution in [2.24, 2.45) is 5.41 Å². The molecule has 1 saturated carbocycles. The van der Waals surface area contributed by atoms with Gasteiger partial charge >= 0.3 is 29.9 Å². The highest BCUT2D eigenvalue weighted by Gasteiger charge is 2.47. The number of amides is 3. The Morgan fingerprint density at radius 2 is 0.906 bits per heavy atom. The van der Waals surface area contributed by atoms with Crippen molar-refractivity contribution >= 4 is 52.9 Å². The summed E-state index contributed by atoms with van der Waals surface area (Å²) >= 11 is 0. The number of hydrogen-bond acceptors (Lipinski definition) is 26. The third-order valence-corrected chi connectivity index (χ3v) is 17.7. The fraction of sp³-hybridized carbons (Fsp3) is 0.743. The molecule has 6 saturated heterocycles. The third kappa shape index (κ3) is 35.2. The summed E-state index contributed by atoms with van der Waals surface area (Å²) in [4.78, 5) is 94.0. The van der Waals surface area contributed by atoms with E-state index in [1.54, 1.807) is 23.2 Å². The van der Waals surface area contributed by atoms with Gasteiger partial charge in [-0.05, 0) is 258 Å². The molecule has 1 aliphatic carbocycles. The number of likely N-dealkylation sites (N-methyl/N-ethyl adjacent to an activating group) is 4. The number of carbonyl (C=O) groups excluding carboxylic acids is 4. The molecule has 4 atom stereocenters. The van der Waals surface area contributed by atoms with Crippen molar-refractivity contribution < 1.29 is 68.1 Å². The summed E-state index contributed by atoms with van der Waals surface area (Å²) in [7, 11) is 15.7. The molecule has 10 rings (SSSR count). The summed E-state index contributed by atoms with van der Waals surface area (Å²) in [6.07, 6.45) is 16.6. The van der Waals surface area contributed by atoms with Crippen LogP contribution in [0.15, 0.2) is 55.0 Å². The number of rotatable bonds is 12. The molecule has 3 aromatic heterocycles. The highest BCUT2D eigenvalue weighted by atomic mass is 19.1. The molecule has 0 bridgehead atoms. The normalized spacial score (nSPS) is 22.9. The minimum atomic E-state index is -0.821. The SMILES string of the molecule is CC(C)(C)OC(=O)N1CCCC(=O)C1.CC(C)(C)OC(=O)N1CCCC2(CC2)C1.CN(C)CC1(O)CCCN(C(=O)OC(C)(C)C)C1.CN(C)CC1(O)CCCN(c2ccc(N)nc2)C1.CN(C)CC1(O)CCCN(c2ccc([N+](=O)[O-])nc2)C1.CN(C)CC1(O)CCCNC1.O=[N+]([O-])c1ccc(F)cn1. The second kappa shape index (κ2) is 40.8. The van der Waals surface area contributed by atoms with Crippen LogP contribution in [-0.4, -0.2) is 304 Å². The number of nitrogens with two attached hydrogens (primary N) is 1. The Morgan fingerprint density at radius 3 is 1.28 bits per heavy atom. The van der Waals surface area contributed by atoms with E-state index in [-0.39, 0.29) is 47.8 Å². The second-order valence-electron chi connectivity index (χ2n) is 33.4. The Hall–Kier alpha value is -7.30. The van der Waals surface area contributed by atoms with E-state index < -0.39 is 49.3 Å². The predicted octanol–water partition coefficient (Wildman–Crippen LogP) is 7.92. The maximum Gasteiger partial charge on any atom is 0.410 e. The molecule has 600 valence electrons. The van der Waals surface area contributed by atoms with E-state index in [0.717, 1.165) is 140 Å². The number of halogens is 1. The van der Waals surface area contributed by atoms with Crippen LogP contribution >= 0.6 is 0 Å². The van der Waals surface area contributed by atoms with Crippen LogP contribution in [0.5, 0.6) is 0 Å². The summed E-state index contributed by atoms with van der Waals surface area (Å²) < 4.78 is 27.9. The Bertz CT molecular complexity index is 3200. The number of nitro groups is 2. The van der Waals surface area contributed by atoms with Gasteiger partial charge in [0.05, 0.1) is 53.1 Å². The van der Waals surface area contributed by atoms with Crippen molar-refractivity contribution in [2.75, 3.05) is 177 Å². The van der Waals surface area contributed by atoms with Crippen molar-refractivity contribution in [3.63, 3.8) is 0 Å². The molecule has 6 aliphatic heterocycles. The molecule has 7 aliphatic rings. The summed E-state index contributed by atoms with van der Waals surface area (Å²) in [6, 6.07) is 8.85. The largest absolute Gasteiger partial charge is 0.444 e. The van der Waals surface area contributed by atoms with Crippen molar-refractivity contribution in [1.29, 1.82) is 0 Å². The second-order valence-corrected chi connectivity index (χ2v) is 33.4. The quantitative estimate of drug-likeness (QED) is 0.0569. The maximum atomic E-state index is 12.1. The lowest BCUT2D eigenvalue weighted by Gasteiger charge is -2.41. The molecule has 4 unspecified atom stereocenters. The molecule has 32 heteroatoms. The number of likely N-dealkylation sites (tertiary alicyclic amines) is 3. The maximum absolute atomic E-state index is 12.1. The van der Waals surface area contributed by atoms with Gasteiger partial charge in [0.1, 0.15) is 22.6 Å². The lowest BCUT2D eigenvalue weighted by Crippen LogP contribution is -2.55. The fourth-order valence-corrected chi connectivity index (χ4v) is 13.4. The number of hydrogen-bond donors (Lipinski definition) is 6. The first kappa shape index (κ1) is 91.1. The number of carbonyl (C=O) groups is 4. The Balaban J connectivity index is 0.000000264. The molecular formula is C74H127FN16O15. The van der Waals surface area contributed by atoms with Crippen LogP contribution in [0, 0.1) is 31.5 Å². The molecule has 9 heterocycles. The molecule has 0 aromatic carbocycles. The average Bonchev–Trinajstić information content (AvgIpc) is 1.61. The van der Waals surface area contributed by atoms with Crippen LogP contribution in [0.2, 0.25) is 0 Å². The number of nitrogen functional groups attached to an aromatic ring is 1. The number of Topliss-reactive ketones (excluding diaryl/α,β-unsaturated/α-hetero) is 1. The molecule has 7 fully saturated rings. The van der Waals surface area contributed by atoms with E-state index in [9.17, 15) is 64.2 Å². The number of aromatic nitrogens is 3. The Morgan fingerprint density at radius 1 is 0.519 bits per heavy atom. The van der Waals surface area contributed by atoms with Crippen molar-refractivity contribution in [1.82, 2.24) is 54.6 Å². The van der Waals surface area contributed by atoms with Gasteiger partial charge in [-0.15, -0.1) is 0 Å². The van der Waals surface area contributed by atoms with Crippen LogP contribution in [0.1, 0.15) is 152 Å². The lowest BCUT2D eigenvalue weighted by atomic mass is 9.92. The molecule has 7 N–H and O–H groups in total. The van der Waals surface area contributed by atoms with Gasteiger partial charge in [0.25, 0.3) is 0 Å². The van der Waals surface area contributed by atoms with Gasteiger partial charge in [0.15, 0.2) is 24.0 Å². The molecule has 31 nitrogen and oxygen atoms in total. The number of nitrogens with one attached hydrogen (secondary N) is 1. The predicted molar refractivity (Wildman–Crippen MR) is 407 cm³/mol. The number of piperidine rings is 6. The van der Waals surface area contributed by atoms with Gasteiger partial charge in [-0.25, -0.2) is 23.8 Å². The molecule has 3 aromatic rings. The van der Waals surface area contributed by atoms with Gasteiger partial charge in [-0.2, -0.15) is 0 Å². The zero-order chi connectivity index (χ0) is 79.7. The van der Waals surface area contributed by atoms with Gasteiger partial charge in [-0.3, -0.25) is 4.79 Å². The summed E-state index contributed by atoms with van der Waals surface area (Å²) in [5.41, 5.74) is 3.87. The van der Waals surface area contributed by atoms with Crippen molar-refractivity contribution in [3.8, 4) is 0 Å². The number of anilines is 3. The molecule has 3 amide bonds. The van der Waals surface area contributed by atoms with Crippen LogP contribution in [0.25, 0.3) is 0 Å². The van der Waals surface area contributed by atoms with Gasteiger partial charge < -0.3 is 110 Å². The number of pyridine rings is 3. The number of aliphatic hydroxyl groups is 4. The van der Waals surface area contributed by atoms with Gasteiger partial charge in [0.2, 0.25) is 0 Å². The zero-order valence-corrected chi connectivity index (χ0v) is 66.4. The zero-order valence-electron chi connectivity index (χ0n) is 66.4. The van der Waals surface area contributed by atoms with E-state index in [1.807, 2.05) is 154 Å². The first-order valence-corrected chi connectivity index (χ1v) is 36.8. The topological polar surface area (TPSA) is 369 Å². The minimum absolute atomic E-state index is 0.113. The number of ether oxygens (including phenoxy) is 3. The number of ketones is 1. The molecule has 0 radical (unpaired) electrons. The molecule has 106 heavy (non-hydrogen) atoms. The molecular weight excluding hydrogens is 1370 g/mol. The Labute approximate surface area is 627 Å². The van der Waals surface area contributed by atoms with E-state index in [0.29, 0.717) is 70.0 Å². The monoisotopic (exact) mass is 1500 g/mol. The smallest absolute Gasteiger partial charge is 0.410 e. The highest BCUT2D eigenvalue weighted by Crippen LogP contribution is 2.52. The minimum Gasteiger partial charge on any atom is -0.444 e. The van der Waals surface area contributed by atoms with E-state index >= 15 is 0 Å². The summed E-state index contributed by atoms with van der Waals surface area (Å²) in [5.74, 6) is -0.442. The van der Waals surface area contributed by atoms with E-state index in [2.05, 4.69) is 25.2 Å². The van der Waals surface area contributed by atoms with Crippen molar-refractivity contribution in [3.05, 3.63) is 81.0 Å². The van der Waals surface area contributed by atoms with Gasteiger partial charge in [-0.1, -0.05) is 0 Å². The Kier molecular flexibility index (Phi) is 35.0. The molecule has 1 spiro atoms. The average molecular weight is 1500 g/mol. The van der Waals surface area contributed by atoms with Crippen LogP contribution < -0.4 is 20.9 Å². The first-order valence-electron chi connectivity index (χ1n) is 36.8. The van der Waals surface area contributed by atoms with Crippen molar-refractivity contribution in [2.45, 2.75) is 191 Å². The summed E-state index contributed by atoms with van der Waals surface area (Å²) in [5, 5.41) is 65.3. The van der Waals surface area contributed by atoms with E-state index in [4.69, 9.17) is 19.9 Å².